The Labute approximate surface area is 164 Å². The highest BCUT2D eigenvalue weighted by molar-refractivity contribution is 6.30. The van der Waals surface area contributed by atoms with Gasteiger partial charge < -0.3 is 9.80 Å². The first kappa shape index (κ1) is 17.3. The normalized spacial score (nSPS) is 17.0. The van der Waals surface area contributed by atoms with E-state index in [-0.39, 0.29) is 6.04 Å². The zero-order chi connectivity index (χ0) is 18.1. The van der Waals surface area contributed by atoms with Gasteiger partial charge in [-0.3, -0.25) is 0 Å². The molecule has 132 valence electrons. The van der Waals surface area contributed by atoms with Crippen molar-refractivity contribution in [3.8, 4) is 0 Å². The third kappa shape index (κ3) is 3.53. The minimum absolute atomic E-state index is 0.285. The highest BCUT2D eigenvalue weighted by Gasteiger charge is 2.31. The van der Waals surface area contributed by atoms with Gasteiger partial charge in [0, 0.05) is 28.0 Å². The molecule has 0 saturated carbocycles. The molecule has 1 unspecified atom stereocenters. The molecule has 1 atom stereocenters. The SMILES string of the molecule is Cc1ccc(C2CN(c3ccc(Cl)cc3)CN2c2ccc(Cl)cc2)cc1. The molecule has 0 N–H and O–H groups in total. The summed E-state index contributed by atoms with van der Waals surface area (Å²) in [4.78, 5) is 4.81. The van der Waals surface area contributed by atoms with Crippen molar-refractivity contribution in [2.24, 2.45) is 0 Å². The van der Waals surface area contributed by atoms with Crippen molar-refractivity contribution in [3.05, 3.63) is 94.0 Å². The molecular weight excluding hydrogens is 363 g/mol. The smallest absolute Gasteiger partial charge is 0.0910 e. The predicted molar refractivity (Wildman–Crippen MR) is 112 cm³/mol. The minimum Gasteiger partial charge on any atom is -0.351 e. The van der Waals surface area contributed by atoms with Crippen LogP contribution < -0.4 is 9.80 Å². The zero-order valence-electron chi connectivity index (χ0n) is 14.6. The Kier molecular flexibility index (Phi) is 4.80. The Morgan fingerprint density at radius 1 is 0.731 bits per heavy atom. The summed E-state index contributed by atoms with van der Waals surface area (Å²) in [7, 11) is 0. The van der Waals surface area contributed by atoms with Gasteiger partial charge in [-0.1, -0.05) is 53.0 Å². The Bertz CT molecular complexity index is 820. The summed E-state index contributed by atoms with van der Waals surface area (Å²) in [5.41, 5.74) is 4.96. The van der Waals surface area contributed by atoms with E-state index in [1.54, 1.807) is 0 Å². The van der Waals surface area contributed by atoms with E-state index in [2.05, 4.69) is 65.3 Å². The van der Waals surface area contributed by atoms with Gasteiger partial charge in [-0.2, -0.15) is 0 Å². The molecule has 0 amide bonds. The first-order valence-electron chi connectivity index (χ1n) is 8.69. The lowest BCUT2D eigenvalue weighted by molar-refractivity contribution is 0.762. The largest absolute Gasteiger partial charge is 0.351 e. The molecule has 4 heteroatoms. The van der Waals surface area contributed by atoms with Gasteiger partial charge in [0.2, 0.25) is 0 Å². The monoisotopic (exact) mass is 382 g/mol. The predicted octanol–water partition coefficient (Wildman–Crippen LogP) is 6.33. The number of rotatable bonds is 3. The summed E-state index contributed by atoms with van der Waals surface area (Å²) < 4.78 is 0. The number of anilines is 2. The molecule has 1 heterocycles. The summed E-state index contributed by atoms with van der Waals surface area (Å²) in [5.74, 6) is 0. The highest BCUT2D eigenvalue weighted by Crippen LogP contribution is 2.36. The lowest BCUT2D eigenvalue weighted by atomic mass is 10.0. The second-order valence-electron chi connectivity index (χ2n) is 6.71. The van der Waals surface area contributed by atoms with E-state index in [0.29, 0.717) is 0 Å². The fraction of sp³-hybridized carbons (Fsp3) is 0.182. The molecule has 1 fully saturated rings. The second-order valence-corrected chi connectivity index (χ2v) is 7.59. The standard InChI is InChI=1S/C22H20Cl2N2/c1-16-2-4-17(5-3-16)22-14-25(20-10-6-18(23)7-11-20)15-26(22)21-12-8-19(24)9-13-21/h2-13,22H,14-15H2,1H3. The van der Waals surface area contributed by atoms with Crippen LogP contribution in [0.5, 0.6) is 0 Å². The highest BCUT2D eigenvalue weighted by atomic mass is 35.5. The quantitative estimate of drug-likeness (QED) is 0.522. The Morgan fingerprint density at radius 2 is 1.27 bits per heavy atom. The maximum atomic E-state index is 6.09. The molecule has 0 aliphatic carbocycles. The van der Waals surface area contributed by atoms with Crippen LogP contribution in [0.2, 0.25) is 10.0 Å². The van der Waals surface area contributed by atoms with Crippen LogP contribution in [0.25, 0.3) is 0 Å². The molecule has 3 aromatic carbocycles. The van der Waals surface area contributed by atoms with Crippen LogP contribution in [0, 0.1) is 6.92 Å². The van der Waals surface area contributed by atoms with Crippen molar-refractivity contribution in [2.45, 2.75) is 13.0 Å². The third-order valence-corrected chi connectivity index (χ3v) is 5.41. The van der Waals surface area contributed by atoms with Crippen molar-refractivity contribution in [1.82, 2.24) is 0 Å². The molecule has 0 spiro atoms. The minimum atomic E-state index is 0.285. The van der Waals surface area contributed by atoms with Crippen molar-refractivity contribution in [2.75, 3.05) is 23.0 Å². The van der Waals surface area contributed by atoms with E-state index in [1.807, 2.05) is 24.3 Å². The number of benzene rings is 3. The van der Waals surface area contributed by atoms with Gasteiger partial charge in [0.1, 0.15) is 0 Å². The van der Waals surface area contributed by atoms with Crippen molar-refractivity contribution >= 4 is 34.6 Å². The van der Waals surface area contributed by atoms with Crippen molar-refractivity contribution < 1.29 is 0 Å². The van der Waals surface area contributed by atoms with Crippen LogP contribution in [0.3, 0.4) is 0 Å². The van der Waals surface area contributed by atoms with Crippen LogP contribution in [0.1, 0.15) is 17.2 Å². The number of halogens is 2. The van der Waals surface area contributed by atoms with E-state index >= 15 is 0 Å². The van der Waals surface area contributed by atoms with Crippen molar-refractivity contribution in [1.29, 1.82) is 0 Å². The number of hydrogen-bond donors (Lipinski definition) is 0. The van der Waals surface area contributed by atoms with Gasteiger partial charge in [0.15, 0.2) is 0 Å². The van der Waals surface area contributed by atoms with Gasteiger partial charge in [-0.05, 0) is 61.0 Å². The maximum absolute atomic E-state index is 6.09. The van der Waals surface area contributed by atoms with E-state index in [9.17, 15) is 0 Å². The average Bonchev–Trinajstić information content (AvgIpc) is 3.09. The van der Waals surface area contributed by atoms with Crippen LogP contribution in [0.15, 0.2) is 72.8 Å². The van der Waals surface area contributed by atoms with Gasteiger partial charge in [-0.25, -0.2) is 0 Å². The Balaban J connectivity index is 1.69. The zero-order valence-corrected chi connectivity index (χ0v) is 16.1. The van der Waals surface area contributed by atoms with Crippen molar-refractivity contribution in [3.63, 3.8) is 0 Å². The van der Waals surface area contributed by atoms with Gasteiger partial charge in [-0.15, -0.1) is 0 Å². The lowest BCUT2D eigenvalue weighted by Gasteiger charge is -2.26. The summed E-state index contributed by atoms with van der Waals surface area (Å²) >= 11 is 12.1. The van der Waals surface area contributed by atoms with E-state index in [4.69, 9.17) is 23.2 Å². The van der Waals surface area contributed by atoms with E-state index in [0.717, 1.165) is 23.3 Å². The molecule has 4 rings (SSSR count). The Hall–Kier alpha value is -2.16. The molecule has 1 saturated heterocycles. The molecule has 1 aliphatic heterocycles. The summed E-state index contributed by atoms with van der Waals surface area (Å²) in [6.45, 7) is 3.87. The molecular formula is C22H20Cl2N2. The van der Waals surface area contributed by atoms with Gasteiger partial charge in [0.05, 0.1) is 12.7 Å². The topological polar surface area (TPSA) is 6.48 Å². The summed E-state index contributed by atoms with van der Waals surface area (Å²) in [6, 6.07) is 25.3. The molecule has 1 aliphatic rings. The molecule has 2 nitrogen and oxygen atoms in total. The van der Waals surface area contributed by atoms with E-state index < -0.39 is 0 Å². The molecule has 26 heavy (non-hydrogen) atoms. The van der Waals surface area contributed by atoms with Crippen LogP contribution in [-0.2, 0) is 0 Å². The summed E-state index contributed by atoms with van der Waals surface area (Å²) in [6.07, 6.45) is 0. The fourth-order valence-electron chi connectivity index (χ4n) is 3.45. The molecule has 0 aromatic heterocycles. The number of aryl methyl sites for hydroxylation is 1. The third-order valence-electron chi connectivity index (χ3n) is 4.90. The molecule has 0 radical (unpaired) electrons. The Morgan fingerprint density at radius 3 is 1.85 bits per heavy atom. The number of hydrogen-bond acceptors (Lipinski definition) is 2. The fourth-order valence-corrected chi connectivity index (χ4v) is 3.71. The average molecular weight is 383 g/mol. The summed E-state index contributed by atoms with van der Waals surface area (Å²) in [5, 5.41) is 1.52. The lowest BCUT2D eigenvalue weighted by Crippen LogP contribution is -2.26. The van der Waals surface area contributed by atoms with Gasteiger partial charge >= 0.3 is 0 Å². The van der Waals surface area contributed by atoms with Gasteiger partial charge in [0.25, 0.3) is 0 Å². The molecule has 3 aromatic rings. The maximum Gasteiger partial charge on any atom is 0.0910 e. The van der Waals surface area contributed by atoms with Crippen LogP contribution >= 0.6 is 23.2 Å². The number of nitrogens with zero attached hydrogens (tertiary/aromatic N) is 2. The second kappa shape index (κ2) is 7.22. The first-order chi connectivity index (χ1) is 12.6. The molecule has 0 bridgehead atoms. The van der Waals surface area contributed by atoms with Crippen LogP contribution in [-0.4, -0.2) is 13.2 Å². The first-order valence-corrected chi connectivity index (χ1v) is 9.45. The van der Waals surface area contributed by atoms with E-state index in [1.165, 1.54) is 22.5 Å². The van der Waals surface area contributed by atoms with Crippen LogP contribution in [0.4, 0.5) is 11.4 Å².